The molecule has 0 aromatic heterocycles. The van der Waals surface area contributed by atoms with Crippen LogP contribution in [-0.2, 0) is 0 Å². The highest BCUT2D eigenvalue weighted by molar-refractivity contribution is 4.81. The van der Waals surface area contributed by atoms with Gasteiger partial charge in [0.05, 0.1) is 0 Å². The maximum atomic E-state index is 2.50. The highest BCUT2D eigenvalue weighted by Crippen LogP contribution is 2.19. The van der Waals surface area contributed by atoms with Crippen LogP contribution in [0.5, 0.6) is 0 Å². The number of hydrogen-bond acceptors (Lipinski definition) is 0. The van der Waals surface area contributed by atoms with Crippen LogP contribution in [0, 0.1) is 5.92 Å². The molecule has 0 bridgehead atoms. The van der Waals surface area contributed by atoms with Crippen LogP contribution < -0.4 is 0 Å². The first-order valence-corrected chi connectivity index (χ1v) is 22.0. The summed E-state index contributed by atoms with van der Waals surface area (Å²) in [6.07, 6.45) is 61.8. The molecule has 0 rings (SSSR count). The van der Waals surface area contributed by atoms with Gasteiger partial charge in [0.25, 0.3) is 0 Å². The molecule has 0 fully saturated rings. The topological polar surface area (TPSA) is 0 Å². The van der Waals surface area contributed by atoms with Gasteiger partial charge in [0, 0.05) is 0 Å². The van der Waals surface area contributed by atoms with Crippen molar-refractivity contribution >= 4 is 0 Å². The first-order valence-electron chi connectivity index (χ1n) is 22.0. The molecule has 0 aromatic carbocycles. The number of unbranched alkanes of at least 4 members (excludes halogenated alkanes) is 34. The van der Waals surface area contributed by atoms with E-state index in [0.717, 1.165) is 5.92 Å². The summed E-state index contributed by atoms with van der Waals surface area (Å²) in [6.45, 7) is 7.12. The molecule has 270 valence electrons. The number of rotatable bonds is 40. The molecule has 0 aliphatic rings. The Balaban J connectivity index is 3.16. The average molecular weight is 631 g/mol. The molecule has 0 aliphatic carbocycles. The van der Waals surface area contributed by atoms with Gasteiger partial charge in [-0.2, -0.15) is 0 Å². The van der Waals surface area contributed by atoms with Crippen molar-refractivity contribution in [1.82, 2.24) is 0 Å². The maximum absolute atomic E-state index is 2.50. The summed E-state index contributed by atoms with van der Waals surface area (Å²) in [6, 6.07) is 0. The molecule has 0 spiro atoms. The molecule has 0 radical (unpaired) electrons. The van der Waals surface area contributed by atoms with Gasteiger partial charge in [-0.05, 0) is 31.6 Å². The zero-order valence-corrected chi connectivity index (χ0v) is 32.3. The van der Waals surface area contributed by atoms with Crippen molar-refractivity contribution in [2.75, 3.05) is 0 Å². The molecule has 0 aromatic rings. The number of hydrogen-bond donors (Lipinski definition) is 0. The summed E-state index contributed by atoms with van der Waals surface area (Å²) in [5, 5.41) is 0. The summed E-state index contributed by atoms with van der Waals surface area (Å²) < 4.78 is 0. The Morgan fingerprint density at radius 2 is 0.467 bits per heavy atom. The lowest BCUT2D eigenvalue weighted by atomic mass is 9.95. The zero-order valence-electron chi connectivity index (χ0n) is 32.3. The molecule has 0 amide bonds. The van der Waals surface area contributed by atoms with E-state index in [1.807, 2.05) is 0 Å². The third kappa shape index (κ3) is 41.7. The quantitative estimate of drug-likeness (QED) is 0.0467. The minimum atomic E-state index is 0.958. The fourth-order valence-electron chi connectivity index (χ4n) is 7.16. The van der Waals surface area contributed by atoms with E-state index in [-0.39, 0.29) is 0 Å². The molecule has 0 N–H and O–H groups in total. The van der Waals surface area contributed by atoms with Crippen LogP contribution in [-0.4, -0.2) is 0 Å². The van der Waals surface area contributed by atoms with Crippen molar-refractivity contribution in [2.24, 2.45) is 5.92 Å². The Kier molecular flexibility index (Phi) is 41.5. The van der Waals surface area contributed by atoms with E-state index in [9.17, 15) is 0 Å². The molecule has 45 heavy (non-hydrogen) atoms. The Hall–Kier alpha value is -0.260. The standard InChI is InChI=1S/C45H90/c1-4-6-8-10-12-14-15-16-17-18-19-20-21-22-23-24-25-26-27-28-29-30-31-32-33-34-36-38-40-42-44-45(3)43-41-39-37-35-13-11-9-7-5-2/h29-30,45H,4-28,31-44H2,1-3H3. The summed E-state index contributed by atoms with van der Waals surface area (Å²) >= 11 is 0. The Morgan fingerprint density at radius 1 is 0.267 bits per heavy atom. The molecule has 0 heteroatoms. The van der Waals surface area contributed by atoms with Crippen molar-refractivity contribution in [3.8, 4) is 0 Å². The second kappa shape index (κ2) is 41.8. The lowest BCUT2D eigenvalue weighted by Gasteiger charge is -2.11. The van der Waals surface area contributed by atoms with Crippen molar-refractivity contribution in [3.05, 3.63) is 12.2 Å². The smallest absolute Gasteiger partial charge is 0.0351 e. The Bertz CT molecular complexity index is 518. The van der Waals surface area contributed by atoms with E-state index in [1.165, 1.54) is 250 Å². The van der Waals surface area contributed by atoms with E-state index < -0.39 is 0 Å². The monoisotopic (exact) mass is 631 g/mol. The zero-order chi connectivity index (χ0) is 32.6. The lowest BCUT2D eigenvalue weighted by Crippen LogP contribution is -1.95. The van der Waals surface area contributed by atoms with E-state index in [0.29, 0.717) is 0 Å². The van der Waals surface area contributed by atoms with Crippen LogP contribution in [0.25, 0.3) is 0 Å². The van der Waals surface area contributed by atoms with Crippen LogP contribution in [0.3, 0.4) is 0 Å². The van der Waals surface area contributed by atoms with Gasteiger partial charge in [-0.3, -0.25) is 0 Å². The average Bonchev–Trinajstić information content (AvgIpc) is 3.05. The molecule has 0 heterocycles. The van der Waals surface area contributed by atoms with Gasteiger partial charge in [-0.25, -0.2) is 0 Å². The summed E-state index contributed by atoms with van der Waals surface area (Å²) in [7, 11) is 0. The molecular weight excluding hydrogens is 540 g/mol. The van der Waals surface area contributed by atoms with Crippen molar-refractivity contribution < 1.29 is 0 Å². The molecule has 0 saturated carbocycles. The van der Waals surface area contributed by atoms with Gasteiger partial charge in [-0.1, -0.05) is 258 Å². The van der Waals surface area contributed by atoms with Crippen molar-refractivity contribution in [1.29, 1.82) is 0 Å². The van der Waals surface area contributed by atoms with Gasteiger partial charge in [0.15, 0.2) is 0 Å². The molecular formula is C45H90. The van der Waals surface area contributed by atoms with Crippen LogP contribution in [0.1, 0.15) is 271 Å². The third-order valence-electron chi connectivity index (χ3n) is 10.5. The van der Waals surface area contributed by atoms with Gasteiger partial charge in [-0.15, -0.1) is 0 Å². The Morgan fingerprint density at radius 3 is 0.711 bits per heavy atom. The SMILES string of the molecule is CCCCCCCCCCCCCCCCCCCCCC=CCCCCCCCCCC(C)CCCCCCCCCCC. The molecule has 0 aliphatic heterocycles. The molecule has 1 atom stereocenters. The van der Waals surface area contributed by atoms with E-state index in [2.05, 4.69) is 32.9 Å². The van der Waals surface area contributed by atoms with Crippen LogP contribution in [0.15, 0.2) is 12.2 Å². The first-order chi connectivity index (χ1) is 22.3. The third-order valence-corrected chi connectivity index (χ3v) is 10.5. The van der Waals surface area contributed by atoms with E-state index in [4.69, 9.17) is 0 Å². The lowest BCUT2D eigenvalue weighted by molar-refractivity contribution is 0.430. The minimum Gasteiger partial charge on any atom is -0.0885 e. The largest absolute Gasteiger partial charge is 0.0885 e. The van der Waals surface area contributed by atoms with Crippen molar-refractivity contribution in [3.63, 3.8) is 0 Å². The van der Waals surface area contributed by atoms with Crippen molar-refractivity contribution in [2.45, 2.75) is 271 Å². The summed E-state index contributed by atoms with van der Waals surface area (Å²) in [4.78, 5) is 0. The molecule has 1 unspecified atom stereocenters. The van der Waals surface area contributed by atoms with Gasteiger partial charge >= 0.3 is 0 Å². The van der Waals surface area contributed by atoms with Gasteiger partial charge < -0.3 is 0 Å². The molecule has 0 saturated heterocycles. The number of allylic oxidation sites excluding steroid dienone is 2. The highest BCUT2D eigenvalue weighted by atomic mass is 14.1. The predicted octanol–water partition coefficient (Wildman–Crippen LogP) is 17.4. The summed E-state index contributed by atoms with van der Waals surface area (Å²) in [5.41, 5.74) is 0. The second-order valence-electron chi connectivity index (χ2n) is 15.4. The maximum Gasteiger partial charge on any atom is -0.0351 e. The van der Waals surface area contributed by atoms with Gasteiger partial charge in [0.2, 0.25) is 0 Å². The normalized spacial score (nSPS) is 12.5. The van der Waals surface area contributed by atoms with Crippen LogP contribution in [0.2, 0.25) is 0 Å². The van der Waals surface area contributed by atoms with Gasteiger partial charge in [0.1, 0.15) is 0 Å². The summed E-state index contributed by atoms with van der Waals surface area (Å²) in [5.74, 6) is 0.958. The molecule has 0 nitrogen and oxygen atoms in total. The predicted molar refractivity (Wildman–Crippen MR) is 210 cm³/mol. The van der Waals surface area contributed by atoms with E-state index in [1.54, 1.807) is 0 Å². The van der Waals surface area contributed by atoms with Crippen LogP contribution in [0.4, 0.5) is 0 Å². The fraction of sp³-hybridized carbons (Fsp3) is 0.956. The fourth-order valence-corrected chi connectivity index (χ4v) is 7.16. The second-order valence-corrected chi connectivity index (χ2v) is 15.4. The minimum absolute atomic E-state index is 0.958. The van der Waals surface area contributed by atoms with E-state index >= 15 is 0 Å². The highest BCUT2D eigenvalue weighted by Gasteiger charge is 2.02. The van der Waals surface area contributed by atoms with Crippen LogP contribution >= 0.6 is 0 Å². The first kappa shape index (κ1) is 44.7. The Labute approximate surface area is 288 Å².